The van der Waals surface area contributed by atoms with Gasteiger partial charge in [0.05, 0.1) is 41.0 Å². The molecule has 4 N–H and O–H groups in total. The second kappa shape index (κ2) is 26.8. The van der Waals surface area contributed by atoms with Crippen molar-refractivity contribution in [3.8, 4) is 0 Å². The number of alkyl carbamates (subject to hydrolysis) is 1. The van der Waals surface area contributed by atoms with Crippen molar-refractivity contribution in [1.82, 2.24) is 20.4 Å². The Morgan fingerprint density at radius 3 is 2.15 bits per heavy atom. The number of allylic oxidation sites excluding steroid dienone is 3. The van der Waals surface area contributed by atoms with Crippen molar-refractivity contribution in [2.45, 2.75) is 139 Å². The summed E-state index contributed by atoms with van der Waals surface area (Å²) in [6, 6.07) is 32.1. The van der Waals surface area contributed by atoms with Crippen molar-refractivity contribution >= 4 is 76.9 Å². The van der Waals surface area contributed by atoms with Crippen molar-refractivity contribution in [2.75, 3.05) is 31.3 Å². The highest BCUT2D eigenvalue weighted by atomic mass is 35.5. The van der Waals surface area contributed by atoms with E-state index in [1.54, 1.807) is 38.1 Å². The summed E-state index contributed by atoms with van der Waals surface area (Å²) in [6.45, 7) is 6.51. The van der Waals surface area contributed by atoms with Gasteiger partial charge in [-0.25, -0.2) is 9.59 Å². The van der Waals surface area contributed by atoms with E-state index in [1.165, 1.54) is 53.6 Å². The van der Waals surface area contributed by atoms with E-state index in [0.717, 1.165) is 22.3 Å². The predicted molar refractivity (Wildman–Crippen MR) is 324 cm³/mol. The smallest absolute Gasteiger partial charge is 0.409 e. The molecule has 9 atom stereocenters. The van der Waals surface area contributed by atoms with Crippen molar-refractivity contribution in [3.63, 3.8) is 0 Å². The third-order valence-corrected chi connectivity index (χ3v) is 19.7. The number of rotatable bonds is 16. The van der Waals surface area contributed by atoms with Gasteiger partial charge in [0.25, 0.3) is 0 Å². The number of fused-ring (bicyclic) bond motifs is 5. The zero-order valence-electron chi connectivity index (χ0n) is 49.3. The van der Waals surface area contributed by atoms with Gasteiger partial charge >= 0.3 is 12.1 Å². The van der Waals surface area contributed by atoms with Crippen LogP contribution in [-0.4, -0.2) is 135 Å². The molecule has 0 aromatic heterocycles. The number of epoxide rings is 1. The van der Waals surface area contributed by atoms with Gasteiger partial charge in [-0.15, -0.1) is 11.8 Å². The van der Waals surface area contributed by atoms with Crippen molar-refractivity contribution in [3.05, 3.63) is 160 Å². The third-order valence-electron chi connectivity index (χ3n) is 18.0. The van der Waals surface area contributed by atoms with E-state index in [-0.39, 0.29) is 71.8 Å². The number of aliphatic hydroxyl groups excluding tert-OH is 1. The van der Waals surface area contributed by atoms with Crippen LogP contribution >= 0.6 is 23.4 Å². The van der Waals surface area contributed by atoms with E-state index in [0.29, 0.717) is 49.5 Å². The SMILES string of the molecule is C/C1=C\C=C\[C@@H](C=O)[C@@]2(O)C[C@H](OC(=O)N2)[C@@H](C)[C@@H]2O[C@@]2(C)[C@@H](OC(=O)[C@H](C)N(C)C(=O)CCSC2CC(=O)N(CC3CCC(C(=O)NC(c4ccccc4)(c4ccccc4)c4ccccc4)CC3)C2=O)CC(=O)N(C)c2cc(cc(CO)c2Cl)C1. The van der Waals surface area contributed by atoms with Crippen LogP contribution in [0.1, 0.15) is 107 Å². The summed E-state index contributed by atoms with van der Waals surface area (Å²) in [5.74, 6) is -4.45. The van der Waals surface area contributed by atoms with Crippen LogP contribution in [0.2, 0.25) is 5.02 Å². The van der Waals surface area contributed by atoms with Gasteiger partial charge in [-0.3, -0.25) is 34.2 Å². The highest BCUT2D eigenvalue weighted by Gasteiger charge is 2.64. The number of aliphatic hydroxyl groups is 2. The summed E-state index contributed by atoms with van der Waals surface area (Å²) < 4.78 is 18.1. The van der Waals surface area contributed by atoms with Gasteiger partial charge in [0, 0.05) is 57.5 Å². The van der Waals surface area contributed by atoms with Crippen LogP contribution in [0.15, 0.2) is 127 Å². The number of likely N-dealkylation sites (N-methyl/N-ethyl adjacent to an activating group) is 1. The number of esters is 1. The van der Waals surface area contributed by atoms with E-state index in [4.69, 9.17) is 25.8 Å². The standard InChI is InChI=1S/C66H76ClN5O13S/c1-40-17-16-24-50(39-74)65(82)36-52(83-63(81)69-65)41(2)59-64(4,85-59)54(35-56(76)71(6)51-33-44(31-40)32-46(38-73)58(51)67)84-62(80)42(3)70(5)55(75)29-30-86-53-34-57(77)72(61(53)79)37-43-25-27-45(28-26-43)60(78)68-66(47-18-10-7-11-19-47,48-20-12-8-13-21-48)49-22-14-9-15-23-49/h7-24,32-33,39,41-43,45,50,52-54,59,73,82H,25-31,34-38H2,1-6H3,(H,68,78)(H,69,81)/b24-16+,40-17+/t41-,42+,43?,45?,50+,52+,53?,54+,59+,64+,65+/m1/s1. The van der Waals surface area contributed by atoms with Crippen molar-refractivity contribution in [2.24, 2.45) is 23.7 Å². The molecular formula is C66H76ClN5O13S. The molecule has 0 radical (unpaired) electrons. The number of imide groups is 1. The lowest BCUT2D eigenvalue weighted by Gasteiger charge is -2.41. The first-order valence-electron chi connectivity index (χ1n) is 29.4. The summed E-state index contributed by atoms with van der Waals surface area (Å²) in [7, 11) is 2.95. The Bertz CT molecular complexity index is 3160. The maximum absolute atomic E-state index is 14.4. The number of benzene rings is 4. The third kappa shape index (κ3) is 13.5. The van der Waals surface area contributed by atoms with Crippen LogP contribution in [0, 0.1) is 23.7 Å². The monoisotopic (exact) mass is 1210 g/mol. The molecule has 4 aliphatic heterocycles. The number of nitrogens with one attached hydrogen (secondary N) is 2. The number of hydrogen-bond acceptors (Lipinski definition) is 14. The van der Waals surface area contributed by atoms with E-state index in [2.05, 4.69) is 10.6 Å². The van der Waals surface area contributed by atoms with Gasteiger partial charge in [-0.2, -0.15) is 0 Å². The van der Waals surface area contributed by atoms with Gasteiger partial charge in [-0.1, -0.05) is 139 Å². The number of hydrogen-bond donors (Lipinski definition) is 4. The maximum Gasteiger partial charge on any atom is 0.409 e. The lowest BCUT2D eigenvalue weighted by atomic mass is 9.75. The molecule has 18 nitrogen and oxygen atoms in total. The number of halogens is 1. The second-order valence-corrected chi connectivity index (χ2v) is 25.4. The molecule has 1 unspecified atom stereocenters. The van der Waals surface area contributed by atoms with E-state index in [9.17, 15) is 48.6 Å². The van der Waals surface area contributed by atoms with Crippen molar-refractivity contribution in [1.29, 1.82) is 0 Å². The number of carbonyl (C=O) groups is 8. The molecule has 4 bridgehead atoms. The zero-order chi connectivity index (χ0) is 61.7. The first-order chi connectivity index (χ1) is 41.1. The molecule has 0 spiro atoms. The lowest BCUT2D eigenvalue weighted by Crippen LogP contribution is -2.61. The maximum atomic E-state index is 14.4. The highest BCUT2D eigenvalue weighted by molar-refractivity contribution is 8.00. The Morgan fingerprint density at radius 1 is 0.942 bits per heavy atom. The van der Waals surface area contributed by atoms with Crippen LogP contribution in [0.3, 0.4) is 0 Å². The summed E-state index contributed by atoms with van der Waals surface area (Å²) in [5, 5.41) is 27.5. The molecule has 9 rings (SSSR count). The molecule has 4 aromatic rings. The Hall–Kier alpha value is -7.16. The molecular weight excluding hydrogens is 1140 g/mol. The van der Waals surface area contributed by atoms with Gasteiger partial charge < -0.3 is 44.3 Å². The van der Waals surface area contributed by atoms with Gasteiger partial charge in [-0.05, 0) is 92.7 Å². The van der Waals surface area contributed by atoms with Crippen molar-refractivity contribution < 1.29 is 62.8 Å². The fourth-order valence-corrected chi connectivity index (χ4v) is 14.0. The van der Waals surface area contributed by atoms with Crippen LogP contribution < -0.4 is 15.5 Å². The van der Waals surface area contributed by atoms with Gasteiger partial charge in [0.2, 0.25) is 29.5 Å². The van der Waals surface area contributed by atoms with Gasteiger partial charge in [0.15, 0.2) is 5.72 Å². The molecule has 4 heterocycles. The first kappa shape index (κ1) is 63.3. The minimum atomic E-state index is -2.04. The highest BCUT2D eigenvalue weighted by Crippen LogP contribution is 2.49. The molecule has 3 saturated heterocycles. The van der Waals surface area contributed by atoms with E-state index in [1.807, 2.05) is 97.9 Å². The molecule has 5 aliphatic rings. The number of ether oxygens (including phenoxy) is 3. The molecule has 4 aromatic carbocycles. The van der Waals surface area contributed by atoms with Crippen LogP contribution in [0.25, 0.3) is 0 Å². The molecule has 4 fully saturated rings. The van der Waals surface area contributed by atoms with Gasteiger partial charge in [0.1, 0.15) is 35.7 Å². The summed E-state index contributed by atoms with van der Waals surface area (Å²) >= 11 is 8.01. The number of nitrogens with zero attached hydrogens (tertiary/aromatic N) is 3. The minimum Gasteiger partial charge on any atom is -0.457 e. The average Bonchev–Trinajstić information content (AvgIpc) is 1.64. The van der Waals surface area contributed by atoms with Crippen LogP contribution in [0.5, 0.6) is 0 Å². The molecule has 1 saturated carbocycles. The molecule has 1 aliphatic carbocycles. The number of aldehydes is 1. The number of amides is 6. The fourth-order valence-electron chi connectivity index (χ4n) is 12.6. The average molecular weight is 1210 g/mol. The number of thioether (sulfide) groups is 1. The Morgan fingerprint density at radius 2 is 1.56 bits per heavy atom. The number of anilines is 1. The van der Waals surface area contributed by atoms with Crippen LogP contribution in [0.4, 0.5) is 10.5 Å². The molecule has 456 valence electrons. The summed E-state index contributed by atoms with van der Waals surface area (Å²) in [6.07, 6.45) is 3.38. The second-order valence-electron chi connectivity index (χ2n) is 23.7. The zero-order valence-corrected chi connectivity index (χ0v) is 50.9. The number of carbonyl (C=O) groups excluding carboxylic acids is 8. The normalized spacial score (nSPS) is 28.4. The molecule has 6 amide bonds. The van der Waals surface area contributed by atoms with E-state index < -0.39 is 95.2 Å². The summed E-state index contributed by atoms with van der Waals surface area (Å²) in [4.78, 5) is 114. The molecule has 20 heteroatoms. The minimum absolute atomic E-state index is 0.0122. The number of likely N-dealkylation sites (tertiary alicyclic amines) is 1. The largest absolute Gasteiger partial charge is 0.457 e. The Kier molecular flexibility index (Phi) is 19.8. The molecule has 86 heavy (non-hydrogen) atoms. The fraction of sp³-hybridized carbons (Fsp3) is 0.455. The van der Waals surface area contributed by atoms with Crippen LogP contribution in [-0.2, 0) is 66.3 Å². The Balaban J connectivity index is 0.815. The quantitative estimate of drug-likeness (QED) is 0.0274. The van der Waals surface area contributed by atoms with E-state index >= 15 is 0 Å². The topological polar surface area (TPSA) is 242 Å². The predicted octanol–water partition coefficient (Wildman–Crippen LogP) is 7.96. The first-order valence-corrected chi connectivity index (χ1v) is 30.8. The summed E-state index contributed by atoms with van der Waals surface area (Å²) in [5.41, 5.74) is 0.589. The lowest BCUT2D eigenvalue weighted by molar-refractivity contribution is -0.162. The Labute approximate surface area is 511 Å².